The zero-order valence-electron chi connectivity index (χ0n) is 18.7. The molecule has 3 aromatic heterocycles. The monoisotopic (exact) mass is 503 g/mol. The van der Waals surface area contributed by atoms with Gasteiger partial charge in [0.15, 0.2) is 28.1 Å². The van der Waals surface area contributed by atoms with Crippen LogP contribution in [0.4, 0.5) is 16.6 Å². The van der Waals surface area contributed by atoms with Crippen molar-refractivity contribution in [3.63, 3.8) is 0 Å². The van der Waals surface area contributed by atoms with Gasteiger partial charge in [0.05, 0.1) is 27.9 Å². The Morgan fingerprint density at radius 3 is 2.50 bits per heavy atom. The van der Waals surface area contributed by atoms with Gasteiger partial charge in [-0.05, 0) is 6.92 Å². The van der Waals surface area contributed by atoms with E-state index in [0.717, 1.165) is 0 Å². The van der Waals surface area contributed by atoms with Crippen molar-refractivity contribution >= 4 is 45.3 Å². The minimum Gasteiger partial charge on any atom is -0.493 e. The average Bonchev–Trinajstić information content (AvgIpc) is 3.58. The van der Waals surface area contributed by atoms with Crippen LogP contribution in [0.5, 0.6) is 17.2 Å². The molecule has 11 nitrogen and oxygen atoms in total. The molecule has 0 spiro atoms. The SMILES string of the molecule is CCOC(=O)c1cc(-c2csc(-c3sc(Nc4cc(OC)c(OC)c(OC)c4)nc3N)n2)on1. The first-order valence-electron chi connectivity index (χ1n) is 9.90. The van der Waals surface area contributed by atoms with E-state index >= 15 is 0 Å². The normalized spacial score (nSPS) is 10.7. The highest BCUT2D eigenvalue weighted by Crippen LogP contribution is 2.43. The number of thiazole rings is 2. The lowest BCUT2D eigenvalue weighted by molar-refractivity contribution is 0.0514. The number of methoxy groups -OCH3 is 3. The number of carbonyl (C=O) groups excluding carboxylic acids is 1. The lowest BCUT2D eigenvalue weighted by Gasteiger charge is -2.14. The van der Waals surface area contributed by atoms with Gasteiger partial charge in [-0.25, -0.2) is 14.8 Å². The maximum atomic E-state index is 11.8. The predicted molar refractivity (Wildman–Crippen MR) is 128 cm³/mol. The quantitative estimate of drug-likeness (QED) is 0.313. The van der Waals surface area contributed by atoms with Crippen LogP contribution in [-0.2, 0) is 4.74 Å². The summed E-state index contributed by atoms with van der Waals surface area (Å²) in [5.41, 5.74) is 7.46. The van der Waals surface area contributed by atoms with Crippen LogP contribution < -0.4 is 25.3 Å². The number of hydrogen-bond acceptors (Lipinski definition) is 13. The Morgan fingerprint density at radius 1 is 1.12 bits per heavy atom. The summed E-state index contributed by atoms with van der Waals surface area (Å²) in [6, 6.07) is 5.03. The molecular weight excluding hydrogens is 482 g/mol. The number of nitrogens with one attached hydrogen (secondary N) is 1. The molecule has 0 bridgehead atoms. The van der Waals surface area contributed by atoms with E-state index in [0.29, 0.717) is 55.2 Å². The fourth-order valence-corrected chi connectivity index (χ4v) is 4.82. The van der Waals surface area contributed by atoms with E-state index < -0.39 is 5.97 Å². The standard InChI is InChI=1S/C21H21N5O6S2/c1-5-31-20(27)11-8-13(32-26-11)12-9-33-19(24-12)17-18(22)25-21(34-17)23-10-6-14(28-2)16(30-4)15(7-10)29-3/h6-9H,5,22H2,1-4H3,(H,23,25). The van der Waals surface area contributed by atoms with Gasteiger partial charge < -0.3 is 34.5 Å². The van der Waals surface area contributed by atoms with Crippen LogP contribution in [0.1, 0.15) is 17.4 Å². The third-order valence-corrected chi connectivity index (χ3v) is 6.50. The molecule has 4 rings (SSSR count). The van der Waals surface area contributed by atoms with Crippen molar-refractivity contribution in [1.82, 2.24) is 15.1 Å². The van der Waals surface area contributed by atoms with Gasteiger partial charge in [0.1, 0.15) is 21.4 Å². The molecule has 0 amide bonds. The van der Waals surface area contributed by atoms with Gasteiger partial charge in [-0.3, -0.25) is 0 Å². The molecule has 0 aliphatic rings. The van der Waals surface area contributed by atoms with Crippen molar-refractivity contribution in [1.29, 1.82) is 0 Å². The van der Waals surface area contributed by atoms with Crippen LogP contribution >= 0.6 is 22.7 Å². The number of hydrogen-bond donors (Lipinski definition) is 2. The van der Waals surface area contributed by atoms with Crippen LogP contribution in [0.15, 0.2) is 28.1 Å². The predicted octanol–water partition coefficient (Wildman–Crippen LogP) is 4.45. The second-order valence-electron chi connectivity index (χ2n) is 6.61. The van der Waals surface area contributed by atoms with Gasteiger partial charge in [-0.2, -0.15) is 0 Å². The summed E-state index contributed by atoms with van der Waals surface area (Å²) in [6.45, 7) is 1.97. The van der Waals surface area contributed by atoms with E-state index in [4.69, 9.17) is 29.2 Å². The van der Waals surface area contributed by atoms with Gasteiger partial charge in [0.25, 0.3) is 0 Å². The van der Waals surface area contributed by atoms with Gasteiger partial charge in [-0.15, -0.1) is 11.3 Å². The second-order valence-corrected chi connectivity index (χ2v) is 8.46. The van der Waals surface area contributed by atoms with Gasteiger partial charge >= 0.3 is 5.97 Å². The highest BCUT2D eigenvalue weighted by molar-refractivity contribution is 7.23. The third kappa shape index (κ3) is 4.61. The minimum absolute atomic E-state index is 0.0838. The van der Waals surface area contributed by atoms with Crippen LogP contribution in [-0.4, -0.2) is 49.0 Å². The maximum absolute atomic E-state index is 11.8. The van der Waals surface area contributed by atoms with Crippen LogP contribution in [0, 0.1) is 0 Å². The maximum Gasteiger partial charge on any atom is 0.360 e. The number of esters is 1. The van der Waals surface area contributed by atoms with Crippen molar-refractivity contribution in [3.05, 3.63) is 29.3 Å². The number of ether oxygens (including phenoxy) is 4. The lowest BCUT2D eigenvalue weighted by Crippen LogP contribution is -2.04. The highest BCUT2D eigenvalue weighted by Gasteiger charge is 2.20. The topological polar surface area (TPSA) is 144 Å². The van der Waals surface area contributed by atoms with Crippen LogP contribution in [0.3, 0.4) is 0 Å². The first-order chi connectivity index (χ1) is 16.5. The molecule has 4 aromatic rings. The van der Waals surface area contributed by atoms with Gasteiger partial charge in [0, 0.05) is 29.3 Å². The molecule has 0 aliphatic carbocycles. The Labute approximate surface area is 202 Å². The number of nitrogens with zero attached hydrogens (tertiary/aromatic N) is 3. The molecule has 0 aliphatic heterocycles. The van der Waals surface area contributed by atoms with E-state index in [1.54, 1.807) is 45.8 Å². The molecule has 0 atom stereocenters. The number of aromatic nitrogens is 3. The first-order valence-corrected chi connectivity index (χ1v) is 11.6. The summed E-state index contributed by atoms with van der Waals surface area (Å²) in [5.74, 6) is 1.63. The summed E-state index contributed by atoms with van der Waals surface area (Å²) in [4.78, 5) is 21.5. The van der Waals surface area contributed by atoms with Crippen molar-refractivity contribution in [2.45, 2.75) is 6.92 Å². The summed E-state index contributed by atoms with van der Waals surface area (Å²) in [7, 11) is 4.63. The molecule has 178 valence electrons. The Bertz CT molecular complexity index is 1290. The largest absolute Gasteiger partial charge is 0.493 e. The molecule has 34 heavy (non-hydrogen) atoms. The second kappa shape index (κ2) is 9.97. The van der Waals surface area contributed by atoms with Crippen molar-refractivity contribution < 1.29 is 28.3 Å². The van der Waals surface area contributed by atoms with E-state index in [1.807, 2.05) is 0 Å². The molecule has 3 N–H and O–H groups in total. The fraction of sp³-hybridized carbons (Fsp3) is 0.238. The van der Waals surface area contributed by atoms with E-state index in [9.17, 15) is 4.79 Å². The number of nitrogens with two attached hydrogens (primary N) is 1. The first kappa shape index (κ1) is 23.3. The van der Waals surface area contributed by atoms with E-state index in [-0.39, 0.29) is 12.3 Å². The number of anilines is 3. The molecule has 0 saturated carbocycles. The van der Waals surface area contributed by atoms with Crippen molar-refractivity contribution in [2.75, 3.05) is 39.0 Å². The third-order valence-electron chi connectivity index (χ3n) is 4.51. The molecule has 1 aromatic carbocycles. The Kier molecular flexibility index (Phi) is 6.84. The average molecular weight is 504 g/mol. The zero-order valence-corrected chi connectivity index (χ0v) is 20.3. The molecule has 0 radical (unpaired) electrons. The highest BCUT2D eigenvalue weighted by atomic mass is 32.1. The number of benzene rings is 1. The van der Waals surface area contributed by atoms with Crippen LogP contribution in [0.2, 0.25) is 0 Å². The molecule has 13 heteroatoms. The smallest absolute Gasteiger partial charge is 0.360 e. The number of rotatable bonds is 9. The molecular formula is C21H21N5O6S2. The summed E-state index contributed by atoms with van der Waals surface area (Å²) >= 11 is 2.70. The van der Waals surface area contributed by atoms with E-state index in [2.05, 4.69) is 20.4 Å². The Hall–Kier alpha value is -3.84. The van der Waals surface area contributed by atoms with Crippen molar-refractivity contribution in [2.24, 2.45) is 0 Å². The molecule has 3 heterocycles. The number of carbonyl (C=O) groups is 1. The minimum atomic E-state index is -0.554. The summed E-state index contributed by atoms with van der Waals surface area (Å²) in [6.07, 6.45) is 0. The summed E-state index contributed by atoms with van der Waals surface area (Å²) in [5, 5.41) is 9.95. The molecule has 0 saturated heterocycles. The zero-order chi connectivity index (χ0) is 24.2. The Balaban J connectivity index is 1.57. The van der Waals surface area contributed by atoms with Gasteiger partial charge in [0.2, 0.25) is 5.75 Å². The van der Waals surface area contributed by atoms with Crippen molar-refractivity contribution in [3.8, 4) is 38.6 Å². The fourth-order valence-electron chi connectivity index (χ4n) is 3.00. The Morgan fingerprint density at radius 2 is 1.85 bits per heavy atom. The van der Waals surface area contributed by atoms with Crippen LogP contribution in [0.25, 0.3) is 21.3 Å². The van der Waals surface area contributed by atoms with Gasteiger partial charge in [-0.1, -0.05) is 16.5 Å². The summed E-state index contributed by atoms with van der Waals surface area (Å²) < 4.78 is 26.3. The number of nitrogen functional groups attached to an aromatic ring is 1. The molecule has 0 fully saturated rings. The lowest BCUT2D eigenvalue weighted by atomic mass is 10.2. The van der Waals surface area contributed by atoms with E-state index in [1.165, 1.54) is 28.7 Å². The molecule has 0 unspecified atom stereocenters.